The van der Waals surface area contributed by atoms with Crippen LogP contribution in [-0.4, -0.2) is 64.4 Å². The third-order valence-electron chi connectivity index (χ3n) is 4.21. The van der Waals surface area contributed by atoms with Crippen LogP contribution in [0.25, 0.3) is 0 Å². The van der Waals surface area contributed by atoms with Gasteiger partial charge in [-0.15, -0.1) is 0 Å². The number of methoxy groups -OCH3 is 2. The molecule has 0 radical (unpaired) electrons. The van der Waals surface area contributed by atoms with Gasteiger partial charge >= 0.3 is 0 Å². The Hall–Kier alpha value is -1.80. The Balaban J connectivity index is 2.05. The Morgan fingerprint density at radius 3 is 2.32 bits per heavy atom. The number of rotatable bonds is 6. The zero-order valence-corrected chi connectivity index (χ0v) is 15.9. The number of amides is 1. The van der Waals surface area contributed by atoms with Crippen molar-refractivity contribution in [1.29, 1.82) is 0 Å². The van der Waals surface area contributed by atoms with Crippen molar-refractivity contribution in [2.75, 3.05) is 33.1 Å². The summed E-state index contributed by atoms with van der Waals surface area (Å²) in [6.07, 6.45) is -0.0316. The zero-order valence-electron chi connectivity index (χ0n) is 15.1. The number of hydrogen-bond donors (Lipinski definition) is 1. The Labute approximate surface area is 149 Å². The van der Waals surface area contributed by atoms with E-state index < -0.39 is 9.84 Å². The Morgan fingerprint density at radius 1 is 1.16 bits per heavy atom. The van der Waals surface area contributed by atoms with Gasteiger partial charge in [0.15, 0.2) is 21.3 Å². The SMILES string of the molecule is COc1ccc(S(=O)(=O)CCC(=O)N2C[C@H](C)N[C@@H](C)C2)cc1OC. The number of piperazine rings is 1. The molecule has 0 saturated carbocycles. The highest BCUT2D eigenvalue weighted by molar-refractivity contribution is 7.91. The van der Waals surface area contributed by atoms with Gasteiger partial charge in [0, 0.05) is 37.7 Å². The summed E-state index contributed by atoms with van der Waals surface area (Å²) in [5, 5.41) is 3.35. The minimum Gasteiger partial charge on any atom is -0.493 e. The van der Waals surface area contributed by atoms with Gasteiger partial charge in [0.05, 0.1) is 24.9 Å². The lowest BCUT2D eigenvalue weighted by molar-refractivity contribution is -0.132. The molecule has 0 aliphatic carbocycles. The molecule has 1 fully saturated rings. The second-order valence-corrected chi connectivity index (χ2v) is 8.46. The zero-order chi connectivity index (χ0) is 18.6. The summed E-state index contributed by atoms with van der Waals surface area (Å²) in [5.41, 5.74) is 0. The molecule has 8 heteroatoms. The molecular weight excluding hydrogens is 344 g/mol. The van der Waals surface area contributed by atoms with E-state index in [1.54, 1.807) is 11.0 Å². The van der Waals surface area contributed by atoms with E-state index in [2.05, 4.69) is 5.32 Å². The molecule has 1 heterocycles. The molecule has 2 atom stereocenters. The highest BCUT2D eigenvalue weighted by Crippen LogP contribution is 2.30. The van der Waals surface area contributed by atoms with Crippen molar-refractivity contribution in [1.82, 2.24) is 10.2 Å². The molecule has 1 aliphatic heterocycles. The van der Waals surface area contributed by atoms with Crippen molar-refractivity contribution in [2.24, 2.45) is 0 Å². The minimum atomic E-state index is -3.58. The van der Waals surface area contributed by atoms with Gasteiger partial charge in [0.1, 0.15) is 0 Å². The topological polar surface area (TPSA) is 84.9 Å². The number of carbonyl (C=O) groups is 1. The molecule has 0 bridgehead atoms. The summed E-state index contributed by atoms with van der Waals surface area (Å²) in [6, 6.07) is 4.85. The van der Waals surface area contributed by atoms with Crippen molar-refractivity contribution in [3.05, 3.63) is 18.2 Å². The van der Waals surface area contributed by atoms with Gasteiger partial charge in [-0.3, -0.25) is 4.79 Å². The number of hydrogen-bond acceptors (Lipinski definition) is 6. The number of ether oxygens (including phenoxy) is 2. The van der Waals surface area contributed by atoms with E-state index in [1.807, 2.05) is 13.8 Å². The van der Waals surface area contributed by atoms with Crippen LogP contribution in [-0.2, 0) is 14.6 Å². The molecule has 1 amide bonds. The van der Waals surface area contributed by atoms with Crippen LogP contribution >= 0.6 is 0 Å². The lowest BCUT2D eigenvalue weighted by atomic mass is 10.1. The second kappa shape index (κ2) is 8.05. The van der Waals surface area contributed by atoms with Gasteiger partial charge in [-0.05, 0) is 26.0 Å². The molecule has 1 aromatic rings. The van der Waals surface area contributed by atoms with Crippen molar-refractivity contribution < 1.29 is 22.7 Å². The van der Waals surface area contributed by atoms with Crippen LogP contribution in [0.4, 0.5) is 0 Å². The van der Waals surface area contributed by atoms with E-state index in [-0.39, 0.29) is 35.1 Å². The molecular formula is C17H26N2O5S. The third-order valence-corrected chi connectivity index (χ3v) is 5.92. The molecule has 1 aliphatic rings. The fraction of sp³-hybridized carbons (Fsp3) is 0.588. The largest absolute Gasteiger partial charge is 0.493 e. The Kier molecular flexibility index (Phi) is 6.29. The van der Waals surface area contributed by atoms with Crippen LogP contribution in [0.1, 0.15) is 20.3 Å². The normalized spacial score (nSPS) is 21.0. The first kappa shape index (κ1) is 19.5. The van der Waals surface area contributed by atoms with E-state index in [0.29, 0.717) is 24.6 Å². The van der Waals surface area contributed by atoms with Gasteiger partial charge in [-0.25, -0.2) is 8.42 Å². The highest BCUT2D eigenvalue weighted by Gasteiger charge is 2.26. The smallest absolute Gasteiger partial charge is 0.223 e. The van der Waals surface area contributed by atoms with E-state index in [4.69, 9.17) is 9.47 Å². The van der Waals surface area contributed by atoms with E-state index >= 15 is 0 Å². The van der Waals surface area contributed by atoms with E-state index in [0.717, 1.165) is 0 Å². The summed E-state index contributed by atoms with van der Waals surface area (Å²) in [5.74, 6) is 0.443. The van der Waals surface area contributed by atoms with Crippen molar-refractivity contribution in [3.63, 3.8) is 0 Å². The highest BCUT2D eigenvalue weighted by atomic mass is 32.2. The molecule has 1 N–H and O–H groups in total. The van der Waals surface area contributed by atoms with Gasteiger partial charge in [0.25, 0.3) is 0 Å². The summed E-state index contributed by atoms with van der Waals surface area (Å²) in [7, 11) is -0.642. The molecule has 7 nitrogen and oxygen atoms in total. The molecule has 1 saturated heterocycles. The predicted molar refractivity (Wildman–Crippen MR) is 94.9 cm³/mol. The fourth-order valence-corrected chi connectivity index (χ4v) is 4.28. The quantitative estimate of drug-likeness (QED) is 0.806. The van der Waals surface area contributed by atoms with Crippen LogP contribution in [0.2, 0.25) is 0 Å². The molecule has 25 heavy (non-hydrogen) atoms. The number of benzene rings is 1. The molecule has 0 unspecified atom stereocenters. The maximum atomic E-state index is 12.5. The van der Waals surface area contributed by atoms with Crippen LogP contribution < -0.4 is 14.8 Å². The molecule has 1 aromatic carbocycles. The predicted octanol–water partition coefficient (Wildman–Crippen LogP) is 1.08. The molecule has 0 aromatic heterocycles. The average molecular weight is 370 g/mol. The molecule has 0 spiro atoms. The van der Waals surface area contributed by atoms with Gasteiger partial charge < -0.3 is 19.7 Å². The second-order valence-electron chi connectivity index (χ2n) is 6.35. The average Bonchev–Trinajstić information content (AvgIpc) is 2.58. The number of sulfone groups is 1. The van der Waals surface area contributed by atoms with Gasteiger partial charge in [-0.2, -0.15) is 0 Å². The molecule has 2 rings (SSSR count). The van der Waals surface area contributed by atoms with Crippen molar-refractivity contribution >= 4 is 15.7 Å². The minimum absolute atomic E-state index is 0.0316. The third kappa shape index (κ3) is 4.85. The van der Waals surface area contributed by atoms with Crippen LogP contribution in [0, 0.1) is 0 Å². The Morgan fingerprint density at radius 2 is 1.76 bits per heavy atom. The Bertz CT molecular complexity index is 710. The lowest BCUT2D eigenvalue weighted by Crippen LogP contribution is -2.56. The standard InChI is InChI=1S/C17H26N2O5S/c1-12-10-19(11-13(2)18-12)17(20)7-8-25(21,22)14-5-6-15(23-3)16(9-14)24-4/h5-6,9,12-13,18H,7-8,10-11H2,1-4H3/t12-,13-/m0/s1. The van der Waals surface area contributed by atoms with Gasteiger partial charge in [-0.1, -0.05) is 0 Å². The lowest BCUT2D eigenvalue weighted by Gasteiger charge is -2.36. The maximum absolute atomic E-state index is 12.5. The van der Waals surface area contributed by atoms with Crippen molar-refractivity contribution in [3.8, 4) is 11.5 Å². The van der Waals surface area contributed by atoms with Crippen LogP contribution in [0.15, 0.2) is 23.1 Å². The fourth-order valence-electron chi connectivity index (χ4n) is 3.04. The first-order valence-electron chi connectivity index (χ1n) is 8.25. The summed E-state index contributed by atoms with van der Waals surface area (Å²) >= 11 is 0. The number of nitrogens with one attached hydrogen (secondary N) is 1. The summed E-state index contributed by atoms with van der Waals surface area (Å²) in [4.78, 5) is 14.2. The molecule has 140 valence electrons. The number of nitrogens with zero attached hydrogens (tertiary/aromatic N) is 1. The van der Waals surface area contributed by atoms with E-state index in [1.165, 1.54) is 26.4 Å². The maximum Gasteiger partial charge on any atom is 0.223 e. The van der Waals surface area contributed by atoms with E-state index in [9.17, 15) is 13.2 Å². The van der Waals surface area contributed by atoms with Crippen molar-refractivity contribution in [2.45, 2.75) is 37.2 Å². The van der Waals surface area contributed by atoms with Gasteiger partial charge in [0.2, 0.25) is 5.91 Å². The van der Waals surface area contributed by atoms with Crippen LogP contribution in [0.5, 0.6) is 11.5 Å². The monoisotopic (exact) mass is 370 g/mol. The summed E-state index contributed by atoms with van der Waals surface area (Å²) in [6.45, 7) is 5.21. The first-order valence-corrected chi connectivity index (χ1v) is 9.90. The summed E-state index contributed by atoms with van der Waals surface area (Å²) < 4.78 is 35.3. The number of carbonyl (C=O) groups excluding carboxylic acids is 1. The first-order chi connectivity index (χ1) is 11.8. The van der Waals surface area contributed by atoms with Crippen LogP contribution in [0.3, 0.4) is 0 Å².